The molecule has 15 heavy (non-hydrogen) atoms. The number of rotatable bonds is 3. The van der Waals surface area contributed by atoms with Crippen LogP contribution in [0.1, 0.15) is 5.89 Å². The Hall–Kier alpha value is -1.89. The maximum atomic E-state index is 10.7. The predicted molar refractivity (Wildman–Crippen MR) is 52.0 cm³/mol. The number of hydrogen-bond donors (Lipinski definition) is 2. The zero-order valence-corrected chi connectivity index (χ0v) is 8.15. The van der Waals surface area contributed by atoms with Gasteiger partial charge in [-0.15, -0.1) is 16.7 Å². The van der Waals surface area contributed by atoms with Crippen molar-refractivity contribution >= 4 is 23.4 Å². The minimum atomic E-state index is -0.285. The van der Waals surface area contributed by atoms with E-state index in [-0.39, 0.29) is 17.5 Å². The molecule has 2 aromatic heterocycles. The molecule has 0 radical (unpaired) electrons. The molecular weight excluding hydrogens is 222 g/mol. The fraction of sp³-hybridized carbons (Fsp3) is 0.143. The third-order valence-electron chi connectivity index (χ3n) is 1.50. The monoisotopic (exact) mass is 227 g/mol. The first-order valence-electron chi connectivity index (χ1n) is 3.99. The minimum Gasteiger partial charge on any atom is -0.407 e. The van der Waals surface area contributed by atoms with Gasteiger partial charge in [0.1, 0.15) is 5.88 Å². The van der Waals surface area contributed by atoms with E-state index >= 15 is 0 Å². The standard InChI is InChI=1S/C7H6ClN5O2/c8-3-6-12-13-7(15-6)9-4-1-2-5(14)11-10-4/h1-2H,3H2,(H,11,14)(H,9,10,13). The summed E-state index contributed by atoms with van der Waals surface area (Å²) in [6.07, 6.45) is 0. The summed E-state index contributed by atoms with van der Waals surface area (Å²) in [5.41, 5.74) is -0.285. The van der Waals surface area contributed by atoms with E-state index in [0.29, 0.717) is 11.7 Å². The second-order valence-corrected chi connectivity index (χ2v) is 2.83. The molecule has 2 aromatic rings. The highest BCUT2D eigenvalue weighted by Gasteiger charge is 2.05. The molecule has 2 N–H and O–H groups in total. The first kappa shape index (κ1) is 9.66. The molecule has 0 aromatic carbocycles. The van der Waals surface area contributed by atoms with Crippen LogP contribution in [0.15, 0.2) is 21.3 Å². The predicted octanol–water partition coefficient (Wildman–Crippen LogP) is 0.635. The fourth-order valence-electron chi connectivity index (χ4n) is 0.882. The van der Waals surface area contributed by atoms with Gasteiger partial charge in [-0.05, 0) is 6.07 Å². The van der Waals surface area contributed by atoms with Crippen molar-refractivity contribution < 1.29 is 4.42 Å². The molecule has 78 valence electrons. The van der Waals surface area contributed by atoms with Crippen molar-refractivity contribution in [1.29, 1.82) is 0 Å². The lowest BCUT2D eigenvalue weighted by Gasteiger charge is -1.96. The van der Waals surface area contributed by atoms with E-state index in [4.69, 9.17) is 16.0 Å². The molecule has 0 amide bonds. The number of H-pyrrole nitrogens is 1. The summed E-state index contributed by atoms with van der Waals surface area (Å²) in [7, 11) is 0. The summed E-state index contributed by atoms with van der Waals surface area (Å²) in [6, 6.07) is 2.99. The van der Waals surface area contributed by atoms with Crippen molar-refractivity contribution in [1.82, 2.24) is 20.4 Å². The number of halogens is 1. The van der Waals surface area contributed by atoms with Gasteiger partial charge in [0.25, 0.3) is 5.56 Å². The average Bonchev–Trinajstić information content (AvgIpc) is 2.69. The van der Waals surface area contributed by atoms with Crippen molar-refractivity contribution in [2.24, 2.45) is 0 Å². The van der Waals surface area contributed by atoms with Crippen LogP contribution in [-0.4, -0.2) is 20.4 Å². The topological polar surface area (TPSA) is 96.7 Å². The molecule has 0 spiro atoms. The average molecular weight is 228 g/mol. The number of aromatic nitrogens is 4. The van der Waals surface area contributed by atoms with Gasteiger partial charge in [-0.25, -0.2) is 5.10 Å². The van der Waals surface area contributed by atoms with Gasteiger partial charge in [0.2, 0.25) is 5.89 Å². The number of aromatic amines is 1. The van der Waals surface area contributed by atoms with E-state index in [2.05, 4.69) is 25.7 Å². The second-order valence-electron chi connectivity index (χ2n) is 2.57. The zero-order valence-electron chi connectivity index (χ0n) is 7.40. The highest BCUT2D eigenvalue weighted by Crippen LogP contribution is 2.11. The molecule has 0 aliphatic rings. The van der Waals surface area contributed by atoms with E-state index in [9.17, 15) is 4.79 Å². The van der Waals surface area contributed by atoms with E-state index in [1.54, 1.807) is 0 Å². The largest absolute Gasteiger partial charge is 0.407 e. The number of nitrogens with one attached hydrogen (secondary N) is 2. The van der Waals surface area contributed by atoms with Crippen molar-refractivity contribution in [3.05, 3.63) is 28.4 Å². The summed E-state index contributed by atoms with van der Waals surface area (Å²) in [5.74, 6) is 0.858. The Labute approximate surface area is 88.5 Å². The van der Waals surface area contributed by atoms with Crippen molar-refractivity contribution in [3.8, 4) is 0 Å². The van der Waals surface area contributed by atoms with Gasteiger partial charge in [-0.1, -0.05) is 5.10 Å². The molecule has 2 heterocycles. The van der Waals surface area contributed by atoms with E-state index < -0.39 is 0 Å². The summed E-state index contributed by atoms with van der Waals surface area (Å²) in [5, 5.41) is 16.0. The number of hydrogen-bond acceptors (Lipinski definition) is 6. The Kier molecular flexibility index (Phi) is 2.64. The Balaban J connectivity index is 2.14. The maximum absolute atomic E-state index is 10.7. The van der Waals surface area contributed by atoms with Gasteiger partial charge in [0.15, 0.2) is 5.82 Å². The van der Waals surface area contributed by atoms with Crippen LogP contribution in [0.3, 0.4) is 0 Å². The number of anilines is 2. The molecule has 0 saturated heterocycles. The molecule has 7 nitrogen and oxygen atoms in total. The summed E-state index contributed by atoms with van der Waals surface area (Å²) < 4.78 is 5.07. The lowest BCUT2D eigenvalue weighted by atomic mass is 10.5. The van der Waals surface area contributed by atoms with Crippen molar-refractivity contribution in [2.75, 3.05) is 5.32 Å². The van der Waals surface area contributed by atoms with Crippen LogP contribution in [0.4, 0.5) is 11.8 Å². The lowest BCUT2D eigenvalue weighted by molar-refractivity contribution is 0.529. The molecule has 0 aliphatic carbocycles. The number of nitrogens with zero attached hydrogens (tertiary/aromatic N) is 3. The van der Waals surface area contributed by atoms with Crippen LogP contribution < -0.4 is 10.9 Å². The third-order valence-corrected chi connectivity index (χ3v) is 1.72. The van der Waals surface area contributed by atoms with Crippen LogP contribution in [0.2, 0.25) is 0 Å². The minimum absolute atomic E-state index is 0.147. The maximum Gasteiger partial charge on any atom is 0.321 e. The van der Waals surface area contributed by atoms with Crippen molar-refractivity contribution in [2.45, 2.75) is 5.88 Å². The SMILES string of the molecule is O=c1ccc(Nc2nnc(CCl)o2)n[nH]1. The van der Waals surface area contributed by atoms with Crippen molar-refractivity contribution in [3.63, 3.8) is 0 Å². The van der Waals surface area contributed by atoms with Gasteiger partial charge >= 0.3 is 6.01 Å². The Morgan fingerprint density at radius 2 is 2.33 bits per heavy atom. The van der Waals surface area contributed by atoms with Gasteiger partial charge in [0, 0.05) is 6.07 Å². The molecule has 2 rings (SSSR count). The van der Waals surface area contributed by atoms with E-state index in [1.807, 2.05) is 0 Å². The second kappa shape index (κ2) is 4.09. The molecule has 8 heteroatoms. The normalized spacial score (nSPS) is 10.2. The van der Waals surface area contributed by atoms with Gasteiger partial charge in [0.05, 0.1) is 0 Å². The third kappa shape index (κ3) is 2.32. The fourth-order valence-corrected chi connectivity index (χ4v) is 0.990. The molecule has 0 saturated carbocycles. The quantitative estimate of drug-likeness (QED) is 0.747. The van der Waals surface area contributed by atoms with Crippen LogP contribution in [-0.2, 0) is 5.88 Å². The number of alkyl halides is 1. The Bertz CT molecular complexity index is 488. The van der Waals surface area contributed by atoms with Gasteiger partial charge < -0.3 is 4.42 Å². The molecule has 0 aliphatic heterocycles. The highest BCUT2D eigenvalue weighted by molar-refractivity contribution is 6.16. The first-order valence-corrected chi connectivity index (χ1v) is 4.52. The molecule has 0 unspecified atom stereocenters. The summed E-state index contributed by atoms with van der Waals surface area (Å²) >= 11 is 5.48. The molecule has 0 bridgehead atoms. The summed E-state index contributed by atoms with van der Waals surface area (Å²) in [6.45, 7) is 0. The van der Waals surface area contributed by atoms with Gasteiger partial charge in [-0.2, -0.15) is 5.10 Å². The van der Waals surface area contributed by atoms with E-state index in [1.165, 1.54) is 12.1 Å². The van der Waals surface area contributed by atoms with E-state index in [0.717, 1.165) is 0 Å². The molecule has 0 atom stereocenters. The first-order chi connectivity index (χ1) is 7.28. The lowest BCUT2D eigenvalue weighted by Crippen LogP contribution is -2.07. The molecule has 0 fully saturated rings. The zero-order chi connectivity index (χ0) is 10.7. The molecular formula is C7H6ClN5O2. The Morgan fingerprint density at radius 3 is 2.93 bits per heavy atom. The smallest absolute Gasteiger partial charge is 0.321 e. The van der Waals surface area contributed by atoms with Crippen LogP contribution >= 0.6 is 11.6 Å². The van der Waals surface area contributed by atoms with Crippen LogP contribution in [0, 0.1) is 0 Å². The highest BCUT2D eigenvalue weighted by atomic mass is 35.5. The summed E-state index contributed by atoms with van der Waals surface area (Å²) in [4.78, 5) is 10.7. The van der Waals surface area contributed by atoms with Crippen LogP contribution in [0.5, 0.6) is 0 Å². The van der Waals surface area contributed by atoms with Gasteiger partial charge in [-0.3, -0.25) is 10.1 Å². The Morgan fingerprint density at radius 1 is 1.47 bits per heavy atom. The van der Waals surface area contributed by atoms with Crippen LogP contribution in [0.25, 0.3) is 0 Å².